The van der Waals surface area contributed by atoms with Gasteiger partial charge in [0.25, 0.3) is 0 Å². The molecule has 0 fully saturated rings. The van der Waals surface area contributed by atoms with Gasteiger partial charge in [-0.3, -0.25) is 9.59 Å². The van der Waals surface area contributed by atoms with E-state index in [1.807, 2.05) is 13.8 Å². The van der Waals surface area contributed by atoms with Crippen molar-refractivity contribution in [3.63, 3.8) is 0 Å². The minimum absolute atomic E-state index is 0.0433. The fraction of sp³-hybridized carbons (Fsp3) is 0.543. The minimum atomic E-state index is -0.107. The third-order valence-electron chi connectivity index (χ3n) is 10.6. The number of fused-ring (bicyclic) bond motifs is 2. The second-order valence-electron chi connectivity index (χ2n) is 15.7. The van der Waals surface area contributed by atoms with Crippen molar-refractivity contribution in [3.8, 4) is 0 Å². The molecule has 1 N–H and O–H groups in total. The van der Waals surface area contributed by atoms with E-state index in [9.17, 15) is 9.59 Å². The van der Waals surface area contributed by atoms with Crippen LogP contribution in [0.25, 0.3) is 0 Å². The third kappa shape index (κ3) is 12.6. The second kappa shape index (κ2) is 22.0. The van der Waals surface area contributed by atoms with Gasteiger partial charge in [-0.15, -0.1) is 0 Å². The third-order valence-corrected chi connectivity index (χ3v) is 10.6. The average molecular weight is 757 g/mol. The molecule has 0 bridgehead atoms. The van der Waals surface area contributed by atoms with Crippen LogP contribution in [0.1, 0.15) is 84.8 Å². The second-order valence-corrected chi connectivity index (χ2v) is 15.7. The van der Waals surface area contributed by atoms with Gasteiger partial charge in [-0.25, -0.2) is 0 Å². The van der Waals surface area contributed by atoms with E-state index in [-0.39, 0.29) is 28.4 Å². The number of ether oxygens (including phenoxy) is 4. The number of benzene rings is 2. The summed E-state index contributed by atoms with van der Waals surface area (Å²) in [5.74, 6) is 0.333. The maximum atomic E-state index is 12.4. The molecule has 0 aliphatic carbocycles. The van der Waals surface area contributed by atoms with Gasteiger partial charge in [0.05, 0.1) is 58.3 Å². The number of nitrogens with one attached hydrogen (secondary N) is 1. The van der Waals surface area contributed by atoms with Crippen molar-refractivity contribution >= 4 is 28.8 Å². The smallest absolute Gasteiger partial charge is 0.220 e. The van der Waals surface area contributed by atoms with Gasteiger partial charge in [-0.05, 0) is 44.4 Å². The summed E-state index contributed by atoms with van der Waals surface area (Å²) < 4.78 is 24.3. The Morgan fingerprint density at radius 1 is 0.727 bits per heavy atom. The highest BCUT2D eigenvalue weighted by atomic mass is 16.6. The van der Waals surface area contributed by atoms with E-state index in [0.29, 0.717) is 72.2 Å². The predicted molar refractivity (Wildman–Crippen MR) is 223 cm³/mol. The molecule has 300 valence electrons. The van der Waals surface area contributed by atoms with Gasteiger partial charge in [0.15, 0.2) is 5.71 Å². The molecule has 0 saturated heterocycles. The monoisotopic (exact) mass is 756 g/mol. The van der Waals surface area contributed by atoms with Crippen molar-refractivity contribution in [2.24, 2.45) is 5.92 Å². The predicted octanol–water partition coefficient (Wildman–Crippen LogP) is 7.84. The lowest BCUT2D eigenvalue weighted by Gasteiger charge is -2.27. The number of ketones is 1. The molecule has 9 nitrogen and oxygen atoms in total. The number of para-hydroxylation sites is 2. The van der Waals surface area contributed by atoms with Crippen LogP contribution in [0.3, 0.4) is 0 Å². The van der Waals surface area contributed by atoms with Crippen LogP contribution in [-0.4, -0.2) is 95.0 Å². The van der Waals surface area contributed by atoms with Crippen molar-refractivity contribution in [1.29, 1.82) is 0 Å². The van der Waals surface area contributed by atoms with E-state index in [1.165, 1.54) is 33.9 Å². The van der Waals surface area contributed by atoms with Gasteiger partial charge < -0.3 is 29.2 Å². The molecule has 2 aromatic rings. The van der Waals surface area contributed by atoms with E-state index in [2.05, 4.69) is 128 Å². The molecule has 55 heavy (non-hydrogen) atoms. The van der Waals surface area contributed by atoms with Crippen LogP contribution in [0, 0.1) is 5.92 Å². The Morgan fingerprint density at radius 3 is 2.02 bits per heavy atom. The zero-order chi connectivity index (χ0) is 39.7. The lowest BCUT2D eigenvalue weighted by Crippen LogP contribution is -2.28. The summed E-state index contributed by atoms with van der Waals surface area (Å²) in [5.41, 5.74) is 7.69. The lowest BCUT2D eigenvalue weighted by atomic mass is 9.81. The van der Waals surface area contributed by atoms with Crippen molar-refractivity contribution in [2.75, 3.05) is 77.9 Å². The van der Waals surface area contributed by atoms with Gasteiger partial charge in [0, 0.05) is 66.4 Å². The zero-order valence-electron chi connectivity index (χ0n) is 34.5. The molecule has 2 aliphatic heterocycles. The molecule has 0 atom stereocenters. The van der Waals surface area contributed by atoms with Crippen LogP contribution < -0.4 is 10.2 Å². The summed E-state index contributed by atoms with van der Waals surface area (Å²) in [7, 11) is 2.15. The molecule has 0 aromatic heterocycles. The number of nitrogens with zero attached hydrogens (tertiary/aromatic N) is 2. The molecular formula is C46H66N3O6+. The summed E-state index contributed by atoms with van der Waals surface area (Å²) in [6.45, 7) is 18.1. The first-order chi connectivity index (χ1) is 26.5. The van der Waals surface area contributed by atoms with Crippen LogP contribution in [0.15, 0.2) is 84.6 Å². The van der Waals surface area contributed by atoms with Crippen molar-refractivity contribution in [3.05, 3.63) is 95.7 Å². The van der Waals surface area contributed by atoms with Crippen LogP contribution in [0.2, 0.25) is 0 Å². The summed E-state index contributed by atoms with van der Waals surface area (Å²) in [4.78, 5) is 26.5. The maximum Gasteiger partial charge on any atom is 0.220 e. The van der Waals surface area contributed by atoms with Crippen LogP contribution in [-0.2, 0) is 39.4 Å². The minimum Gasteiger partial charge on any atom is -0.379 e. The topological polar surface area (TPSA) is 89.3 Å². The molecule has 2 aliphatic rings. The van der Waals surface area contributed by atoms with Crippen molar-refractivity contribution < 1.29 is 33.1 Å². The van der Waals surface area contributed by atoms with Gasteiger partial charge in [0.2, 0.25) is 11.6 Å². The highest BCUT2D eigenvalue weighted by molar-refractivity contribution is 6.03. The Bertz CT molecular complexity index is 1670. The fourth-order valence-corrected chi connectivity index (χ4v) is 7.35. The highest BCUT2D eigenvalue weighted by Crippen LogP contribution is 2.47. The SMILES string of the molecule is CC(C)C(=O)CCOCCOCCOCCOCCNC(=O)CCCCCN1/C(=C/C=C/C=C/C2=[N+](C)c3ccccc3C2(C)C)C(C)(C)c2ccccc21. The van der Waals surface area contributed by atoms with E-state index in [0.717, 1.165) is 25.8 Å². The van der Waals surface area contributed by atoms with E-state index in [4.69, 9.17) is 18.9 Å². The van der Waals surface area contributed by atoms with Gasteiger partial charge in [0.1, 0.15) is 12.8 Å². The number of hydrogen-bond acceptors (Lipinski definition) is 7. The Balaban J connectivity index is 1.09. The maximum absolute atomic E-state index is 12.4. The summed E-state index contributed by atoms with van der Waals surface area (Å²) in [5, 5.41) is 2.97. The Labute approximate surface area is 330 Å². The molecule has 4 rings (SSSR count). The molecule has 0 saturated carbocycles. The number of allylic oxidation sites excluding steroid dienone is 6. The summed E-state index contributed by atoms with van der Waals surface area (Å²) in [6.07, 6.45) is 14.8. The van der Waals surface area contributed by atoms with Gasteiger partial charge in [-0.1, -0.05) is 88.7 Å². The fourth-order valence-electron chi connectivity index (χ4n) is 7.35. The molecular weight excluding hydrogens is 691 g/mol. The normalized spacial score (nSPS) is 16.6. The average Bonchev–Trinajstić information content (AvgIpc) is 3.50. The quantitative estimate of drug-likeness (QED) is 0.0628. The van der Waals surface area contributed by atoms with Gasteiger partial charge >= 0.3 is 0 Å². The molecule has 0 radical (unpaired) electrons. The van der Waals surface area contributed by atoms with Crippen LogP contribution in [0.4, 0.5) is 11.4 Å². The molecule has 1 amide bonds. The Morgan fingerprint density at radius 2 is 1.35 bits per heavy atom. The number of carbonyl (C=O) groups excluding carboxylic acids is 2. The Hall–Kier alpha value is -3.89. The lowest BCUT2D eigenvalue weighted by molar-refractivity contribution is -0.401. The van der Waals surface area contributed by atoms with E-state index >= 15 is 0 Å². The first-order valence-corrected chi connectivity index (χ1v) is 20.2. The van der Waals surface area contributed by atoms with Crippen LogP contribution in [0.5, 0.6) is 0 Å². The van der Waals surface area contributed by atoms with Crippen LogP contribution >= 0.6 is 0 Å². The molecule has 0 spiro atoms. The largest absolute Gasteiger partial charge is 0.379 e. The zero-order valence-corrected chi connectivity index (χ0v) is 34.5. The summed E-state index contributed by atoms with van der Waals surface area (Å²) >= 11 is 0. The highest BCUT2D eigenvalue weighted by Gasteiger charge is 2.42. The first kappa shape index (κ1) is 43.8. The van der Waals surface area contributed by atoms with Crippen molar-refractivity contribution in [2.45, 2.75) is 84.5 Å². The number of rotatable bonds is 25. The molecule has 0 unspecified atom stereocenters. The Kier molecular flexibility index (Phi) is 17.5. The van der Waals surface area contributed by atoms with Gasteiger partial charge in [-0.2, -0.15) is 4.58 Å². The first-order valence-electron chi connectivity index (χ1n) is 20.2. The van der Waals surface area contributed by atoms with Crippen molar-refractivity contribution in [1.82, 2.24) is 5.32 Å². The van der Waals surface area contributed by atoms with E-state index < -0.39 is 0 Å². The van der Waals surface area contributed by atoms with E-state index in [1.54, 1.807) is 0 Å². The molecule has 2 heterocycles. The number of Topliss-reactive ketones (excluding diaryl/α,β-unsaturated/α-hetero) is 1. The number of anilines is 1. The summed E-state index contributed by atoms with van der Waals surface area (Å²) in [6, 6.07) is 17.4. The molecule has 2 aromatic carbocycles. The number of carbonyl (C=O) groups is 2. The molecule has 9 heteroatoms. The number of hydrogen-bond donors (Lipinski definition) is 1. The standard InChI is InChI=1S/C46H65N3O6/c1-36(2)41(50)25-28-52-30-32-54-34-35-55-33-31-53-29-26-47-44(51)24-12-9-17-27-49-40-21-16-14-19-38(40)46(5,6)43(49)23-11-8-10-22-42-45(3,4)37-18-13-15-20-39(37)48(42)7/h8,10-11,13-16,18-23,36H,9,12,17,24-35H2,1-7H3/p+1. The number of amides is 1. The number of unbranched alkanes of at least 4 members (excludes halogenated alkanes) is 2.